The van der Waals surface area contributed by atoms with Crippen molar-refractivity contribution in [3.05, 3.63) is 40.0 Å². The molecule has 3 aliphatic carbocycles. The number of aliphatic hydroxyl groups is 1. The first kappa shape index (κ1) is 28.0. The van der Waals surface area contributed by atoms with Crippen molar-refractivity contribution in [2.75, 3.05) is 0 Å². The molecule has 6 nitrogen and oxygen atoms in total. The summed E-state index contributed by atoms with van der Waals surface area (Å²) in [4.78, 5) is 54.8. The number of benzene rings is 1. The van der Waals surface area contributed by atoms with Gasteiger partial charge in [-0.15, -0.1) is 0 Å². The third-order valence-electron chi connectivity index (χ3n) is 9.04. The Morgan fingerprint density at radius 3 is 2.29 bits per heavy atom. The second-order valence-electron chi connectivity index (χ2n) is 12.8. The summed E-state index contributed by atoms with van der Waals surface area (Å²) in [5.41, 5.74) is -2.18. The molecule has 0 aliphatic heterocycles. The van der Waals surface area contributed by atoms with Crippen molar-refractivity contribution in [3.63, 3.8) is 0 Å². The fourth-order valence-electron chi connectivity index (χ4n) is 7.81. The van der Waals surface area contributed by atoms with Gasteiger partial charge in [-0.1, -0.05) is 64.5 Å². The van der Waals surface area contributed by atoms with Gasteiger partial charge in [0.15, 0.2) is 23.0 Å². The van der Waals surface area contributed by atoms with Gasteiger partial charge in [-0.05, 0) is 61.6 Å². The minimum absolute atomic E-state index is 0.0338. The van der Waals surface area contributed by atoms with Crippen molar-refractivity contribution in [2.24, 2.45) is 34.5 Å². The summed E-state index contributed by atoms with van der Waals surface area (Å²) < 4.78 is 0. The van der Waals surface area contributed by atoms with E-state index in [1.807, 2.05) is 20.8 Å². The number of rotatable bonds is 3. The second kappa shape index (κ2) is 9.02. The van der Waals surface area contributed by atoms with Crippen molar-refractivity contribution in [1.82, 2.24) is 0 Å². The van der Waals surface area contributed by atoms with Crippen molar-refractivity contribution in [1.29, 1.82) is 0 Å². The molecule has 202 valence electrons. The molecule has 2 unspecified atom stereocenters. The average Bonchev–Trinajstić information content (AvgIpc) is 2.77. The molecule has 0 bridgehead atoms. The number of carbonyl (C=O) groups excluding carboxylic acids is 4. The topological polar surface area (TPSA) is 109 Å². The van der Waals surface area contributed by atoms with Crippen LogP contribution in [0.4, 0.5) is 0 Å². The molecule has 0 radical (unpaired) electrons. The Balaban J connectivity index is 1.97. The summed E-state index contributed by atoms with van der Waals surface area (Å²) in [6, 6.07) is 3.11. The summed E-state index contributed by atoms with van der Waals surface area (Å²) in [5.74, 6) is 0.954. The molecule has 1 saturated carbocycles. The number of aromatic hydroxyl groups is 1. The predicted molar refractivity (Wildman–Crippen MR) is 143 cm³/mol. The number of ketones is 4. The normalized spacial score (nSPS) is 32.6. The Hall–Kier alpha value is -3.04. The highest BCUT2D eigenvalue weighted by molar-refractivity contribution is 6.27. The zero-order valence-electron chi connectivity index (χ0n) is 23.6. The van der Waals surface area contributed by atoms with Crippen molar-refractivity contribution < 1.29 is 29.4 Å². The quantitative estimate of drug-likeness (QED) is 0.343. The molecule has 5 atom stereocenters. The van der Waals surface area contributed by atoms with Gasteiger partial charge in [-0.25, -0.2) is 0 Å². The average molecular weight is 519 g/mol. The number of allylic oxidation sites excluding steroid dienone is 1. The van der Waals surface area contributed by atoms with Crippen LogP contribution in [0.5, 0.6) is 5.75 Å². The number of Topliss-reactive ketones (excluding diaryl/α,β-unsaturated/α-hetero) is 4. The van der Waals surface area contributed by atoms with E-state index in [-0.39, 0.29) is 30.1 Å². The summed E-state index contributed by atoms with van der Waals surface area (Å²) in [7, 11) is 0. The van der Waals surface area contributed by atoms with Crippen LogP contribution < -0.4 is 0 Å². The van der Waals surface area contributed by atoms with E-state index in [1.54, 1.807) is 19.9 Å². The van der Waals surface area contributed by atoms with Crippen LogP contribution in [0.3, 0.4) is 0 Å². The van der Waals surface area contributed by atoms with Crippen LogP contribution in [0.25, 0.3) is 0 Å². The van der Waals surface area contributed by atoms with E-state index in [0.29, 0.717) is 29.0 Å². The maximum atomic E-state index is 14.3. The molecule has 0 spiro atoms. The molecule has 0 aromatic heterocycles. The first-order chi connectivity index (χ1) is 17.5. The van der Waals surface area contributed by atoms with Crippen LogP contribution in [0.15, 0.2) is 23.3 Å². The monoisotopic (exact) mass is 518 g/mol. The lowest BCUT2D eigenvalue weighted by Crippen LogP contribution is -2.73. The Bertz CT molecular complexity index is 1370. The van der Waals surface area contributed by atoms with Crippen LogP contribution in [0, 0.1) is 46.3 Å². The fraction of sp³-hybridized carbons (Fsp3) is 0.562. The maximum absolute atomic E-state index is 14.3. The Kier molecular flexibility index (Phi) is 6.64. The zero-order chi connectivity index (χ0) is 28.5. The van der Waals surface area contributed by atoms with Crippen LogP contribution in [-0.2, 0) is 20.8 Å². The number of carbonyl (C=O) groups is 4. The number of hydrogen-bond acceptors (Lipinski definition) is 6. The molecule has 1 aromatic carbocycles. The highest BCUT2D eigenvalue weighted by Gasteiger charge is 2.73. The van der Waals surface area contributed by atoms with E-state index in [2.05, 4.69) is 25.7 Å². The number of fused-ring (bicyclic) bond motifs is 3. The van der Waals surface area contributed by atoms with Crippen molar-refractivity contribution >= 4 is 23.1 Å². The van der Waals surface area contributed by atoms with Gasteiger partial charge >= 0.3 is 0 Å². The summed E-state index contributed by atoms with van der Waals surface area (Å²) in [6.45, 7) is 14.6. The lowest BCUT2D eigenvalue weighted by atomic mass is 9.41. The van der Waals surface area contributed by atoms with E-state index >= 15 is 0 Å². The molecule has 1 aromatic rings. The Morgan fingerprint density at radius 1 is 1.11 bits per heavy atom. The lowest BCUT2D eigenvalue weighted by Gasteiger charge is -2.60. The molecule has 4 rings (SSSR count). The van der Waals surface area contributed by atoms with Gasteiger partial charge in [-0.2, -0.15) is 0 Å². The van der Waals surface area contributed by atoms with Crippen molar-refractivity contribution in [2.45, 2.75) is 80.3 Å². The lowest BCUT2D eigenvalue weighted by molar-refractivity contribution is -0.183. The van der Waals surface area contributed by atoms with E-state index in [1.165, 1.54) is 13.0 Å². The van der Waals surface area contributed by atoms with Gasteiger partial charge in [0.25, 0.3) is 0 Å². The molecule has 0 heterocycles. The highest BCUT2D eigenvalue weighted by atomic mass is 16.3. The van der Waals surface area contributed by atoms with Crippen molar-refractivity contribution in [3.8, 4) is 17.6 Å². The van der Waals surface area contributed by atoms with Gasteiger partial charge in [0.1, 0.15) is 17.5 Å². The van der Waals surface area contributed by atoms with Crippen LogP contribution in [0.1, 0.15) is 89.7 Å². The summed E-state index contributed by atoms with van der Waals surface area (Å²) in [6.07, 6.45) is 1.15. The van der Waals surface area contributed by atoms with Gasteiger partial charge in [0, 0.05) is 17.4 Å². The van der Waals surface area contributed by atoms with Gasteiger partial charge in [0.2, 0.25) is 0 Å². The molecule has 2 N–H and O–H groups in total. The third-order valence-corrected chi connectivity index (χ3v) is 9.04. The standard InChI is InChI=1S/C32H38O6/c1-16(2)10-9-11-20-12-13-22(34)24-21(20)14-30(7)15-31(8)25(17(3)4)18(5)23(19(6)33)28(36)32(31,38)29(37)26(30)27(24)35/h12-13,16-17,23,26,34,38H,10,14-15H2,1-8H3/t23?,26?,30-,31-,32+/m0/s1. The minimum atomic E-state index is -2.52. The largest absolute Gasteiger partial charge is 0.507 e. The maximum Gasteiger partial charge on any atom is 0.192 e. The van der Waals surface area contributed by atoms with E-state index < -0.39 is 51.4 Å². The zero-order valence-corrected chi connectivity index (χ0v) is 23.6. The van der Waals surface area contributed by atoms with Gasteiger partial charge in [0.05, 0.1) is 11.5 Å². The molecular formula is C32H38O6. The van der Waals surface area contributed by atoms with E-state index in [9.17, 15) is 29.4 Å². The van der Waals surface area contributed by atoms with Gasteiger partial charge < -0.3 is 10.2 Å². The highest BCUT2D eigenvalue weighted by Crippen LogP contribution is 2.64. The molecule has 1 fully saturated rings. The van der Waals surface area contributed by atoms with E-state index in [4.69, 9.17) is 0 Å². The molecule has 0 amide bonds. The number of phenols is 1. The number of phenolic OH excluding ortho intramolecular Hbond substituents is 1. The molecule has 6 heteroatoms. The van der Waals surface area contributed by atoms with E-state index in [0.717, 1.165) is 5.57 Å². The predicted octanol–water partition coefficient (Wildman–Crippen LogP) is 4.62. The third kappa shape index (κ3) is 3.66. The van der Waals surface area contributed by atoms with Crippen LogP contribution >= 0.6 is 0 Å². The molecule has 38 heavy (non-hydrogen) atoms. The first-order valence-electron chi connectivity index (χ1n) is 13.4. The molecule has 0 saturated heterocycles. The summed E-state index contributed by atoms with van der Waals surface area (Å²) >= 11 is 0. The minimum Gasteiger partial charge on any atom is -0.507 e. The molecular weight excluding hydrogens is 480 g/mol. The Morgan fingerprint density at radius 2 is 1.74 bits per heavy atom. The first-order valence-corrected chi connectivity index (χ1v) is 13.4. The smallest absolute Gasteiger partial charge is 0.192 e. The molecule has 3 aliphatic rings. The van der Waals surface area contributed by atoms with Crippen LogP contribution in [-0.4, -0.2) is 38.9 Å². The number of hydrogen-bond donors (Lipinski definition) is 2. The Labute approximate surface area is 224 Å². The SMILES string of the molecule is CC(=O)C1C(=O)[C@@]2(O)C(=O)C3C(=O)c4c(O)ccc(C#CCC(C)C)c4C[C@@]3(C)C[C@@]2(C)C(C(C)C)=C1C. The summed E-state index contributed by atoms with van der Waals surface area (Å²) in [5, 5.41) is 22.9. The van der Waals surface area contributed by atoms with Crippen LogP contribution in [0.2, 0.25) is 0 Å². The fourth-order valence-corrected chi connectivity index (χ4v) is 7.81. The second-order valence-corrected chi connectivity index (χ2v) is 12.8. The van der Waals surface area contributed by atoms with Gasteiger partial charge in [-0.3, -0.25) is 19.2 Å².